The van der Waals surface area contributed by atoms with Crippen molar-refractivity contribution in [3.63, 3.8) is 0 Å². The van der Waals surface area contributed by atoms with Crippen LogP contribution in [0.3, 0.4) is 0 Å². The van der Waals surface area contributed by atoms with E-state index in [9.17, 15) is 0 Å². The molecule has 18 heavy (non-hydrogen) atoms. The van der Waals surface area contributed by atoms with Crippen LogP contribution in [0.1, 0.15) is 90.9 Å². The van der Waals surface area contributed by atoms with Crippen LogP contribution in [-0.4, -0.2) is 12.1 Å². The van der Waals surface area contributed by atoms with Crippen LogP contribution in [0.5, 0.6) is 0 Å². The van der Waals surface area contributed by atoms with Gasteiger partial charge in [0.2, 0.25) is 0 Å². The third-order valence-corrected chi connectivity index (χ3v) is 4.18. The summed E-state index contributed by atoms with van der Waals surface area (Å²) in [7, 11) is 0. The lowest BCUT2D eigenvalue weighted by atomic mass is 9.91. The maximum absolute atomic E-state index is 3.86. The summed E-state index contributed by atoms with van der Waals surface area (Å²) < 4.78 is 0. The summed E-state index contributed by atoms with van der Waals surface area (Å²) in [5.74, 6) is 0. The van der Waals surface area contributed by atoms with Crippen LogP contribution in [0.2, 0.25) is 0 Å². The molecule has 0 bridgehead atoms. The van der Waals surface area contributed by atoms with Crippen LogP contribution in [-0.2, 0) is 0 Å². The summed E-state index contributed by atoms with van der Waals surface area (Å²) in [4.78, 5) is 0. The van der Waals surface area contributed by atoms with E-state index in [1.165, 1.54) is 77.0 Å². The Morgan fingerprint density at radius 2 is 1.00 bits per heavy atom. The SMILES string of the molecule is C1CCC(NC2CCCCC2)CC1.CCCC.I. The highest BCUT2D eigenvalue weighted by Crippen LogP contribution is 2.22. The van der Waals surface area contributed by atoms with Gasteiger partial charge in [-0.1, -0.05) is 65.2 Å². The molecule has 0 aromatic rings. The van der Waals surface area contributed by atoms with Crippen molar-refractivity contribution in [3.8, 4) is 0 Å². The first kappa shape index (κ1) is 18.7. The monoisotopic (exact) mass is 367 g/mol. The van der Waals surface area contributed by atoms with E-state index >= 15 is 0 Å². The minimum atomic E-state index is 0. The van der Waals surface area contributed by atoms with Gasteiger partial charge in [0.25, 0.3) is 0 Å². The maximum atomic E-state index is 3.86. The molecule has 2 aliphatic carbocycles. The van der Waals surface area contributed by atoms with E-state index in [2.05, 4.69) is 19.2 Å². The molecule has 0 radical (unpaired) electrons. The highest BCUT2D eigenvalue weighted by atomic mass is 127. The van der Waals surface area contributed by atoms with Crippen LogP contribution >= 0.6 is 24.0 Å². The van der Waals surface area contributed by atoms with Crippen molar-refractivity contribution in [2.24, 2.45) is 0 Å². The zero-order valence-electron chi connectivity index (χ0n) is 12.5. The van der Waals surface area contributed by atoms with E-state index in [0.29, 0.717) is 0 Å². The first-order valence-corrected chi connectivity index (χ1v) is 8.12. The van der Waals surface area contributed by atoms with Crippen molar-refractivity contribution < 1.29 is 0 Å². The lowest BCUT2D eigenvalue weighted by molar-refractivity contribution is 0.291. The zero-order valence-corrected chi connectivity index (χ0v) is 14.9. The first-order chi connectivity index (χ1) is 8.36. The van der Waals surface area contributed by atoms with Gasteiger partial charge in [-0.05, 0) is 25.7 Å². The van der Waals surface area contributed by atoms with Gasteiger partial charge in [-0.15, -0.1) is 24.0 Å². The van der Waals surface area contributed by atoms with Crippen molar-refractivity contribution in [3.05, 3.63) is 0 Å². The molecule has 1 nitrogen and oxygen atoms in total. The fraction of sp³-hybridized carbons (Fsp3) is 1.00. The molecule has 2 heteroatoms. The third-order valence-electron chi connectivity index (χ3n) is 4.18. The summed E-state index contributed by atoms with van der Waals surface area (Å²) in [5.41, 5.74) is 0. The molecule has 2 aliphatic rings. The Kier molecular flexibility index (Phi) is 13.2. The third kappa shape index (κ3) is 8.73. The molecule has 0 spiro atoms. The number of rotatable bonds is 3. The molecule has 0 aliphatic heterocycles. The van der Waals surface area contributed by atoms with E-state index in [1.807, 2.05) is 0 Å². The molecular weight excluding hydrogens is 333 g/mol. The van der Waals surface area contributed by atoms with E-state index < -0.39 is 0 Å². The fourth-order valence-electron chi connectivity index (χ4n) is 2.87. The van der Waals surface area contributed by atoms with Crippen LogP contribution in [0.15, 0.2) is 0 Å². The lowest BCUT2D eigenvalue weighted by Crippen LogP contribution is -2.40. The normalized spacial score (nSPS) is 21.7. The van der Waals surface area contributed by atoms with Gasteiger partial charge in [0.05, 0.1) is 0 Å². The quantitative estimate of drug-likeness (QED) is 0.634. The van der Waals surface area contributed by atoms with Crippen molar-refractivity contribution in [2.75, 3.05) is 0 Å². The number of hydrogen-bond acceptors (Lipinski definition) is 1. The smallest absolute Gasteiger partial charge is 0.00696 e. The Morgan fingerprint density at radius 3 is 1.28 bits per heavy atom. The van der Waals surface area contributed by atoms with Crippen LogP contribution < -0.4 is 5.32 Å². The number of halogens is 1. The fourth-order valence-corrected chi connectivity index (χ4v) is 2.87. The Labute approximate surface area is 132 Å². The van der Waals surface area contributed by atoms with E-state index in [-0.39, 0.29) is 24.0 Å². The molecule has 0 aromatic carbocycles. The number of unbranched alkanes of at least 4 members (excludes halogenated alkanes) is 1. The van der Waals surface area contributed by atoms with Crippen LogP contribution in [0.25, 0.3) is 0 Å². The highest BCUT2D eigenvalue weighted by Gasteiger charge is 2.19. The molecule has 2 rings (SSSR count). The number of hydrogen-bond donors (Lipinski definition) is 1. The van der Waals surface area contributed by atoms with Crippen molar-refractivity contribution in [2.45, 2.75) is 103 Å². The molecular formula is C16H34IN. The molecule has 0 amide bonds. The summed E-state index contributed by atoms with van der Waals surface area (Å²) in [6.45, 7) is 4.36. The number of nitrogens with one attached hydrogen (secondary N) is 1. The van der Waals surface area contributed by atoms with E-state index in [0.717, 1.165) is 12.1 Å². The van der Waals surface area contributed by atoms with Gasteiger partial charge in [-0.2, -0.15) is 0 Å². The van der Waals surface area contributed by atoms with Gasteiger partial charge in [0.15, 0.2) is 0 Å². The molecule has 0 saturated heterocycles. The highest BCUT2D eigenvalue weighted by molar-refractivity contribution is 14.0. The van der Waals surface area contributed by atoms with Crippen LogP contribution in [0, 0.1) is 0 Å². The van der Waals surface area contributed by atoms with Gasteiger partial charge < -0.3 is 5.32 Å². The molecule has 0 heterocycles. The molecule has 2 fully saturated rings. The van der Waals surface area contributed by atoms with Gasteiger partial charge >= 0.3 is 0 Å². The average Bonchev–Trinajstić information content (AvgIpc) is 2.41. The molecule has 0 unspecified atom stereocenters. The van der Waals surface area contributed by atoms with E-state index in [1.54, 1.807) is 0 Å². The minimum Gasteiger partial charge on any atom is -0.311 e. The first-order valence-electron chi connectivity index (χ1n) is 8.12. The van der Waals surface area contributed by atoms with Gasteiger partial charge in [0.1, 0.15) is 0 Å². The van der Waals surface area contributed by atoms with Crippen molar-refractivity contribution in [1.82, 2.24) is 5.32 Å². The Bertz CT molecular complexity index is 142. The van der Waals surface area contributed by atoms with Gasteiger partial charge in [-0.25, -0.2) is 0 Å². The van der Waals surface area contributed by atoms with Crippen molar-refractivity contribution in [1.29, 1.82) is 0 Å². The minimum absolute atomic E-state index is 0. The largest absolute Gasteiger partial charge is 0.311 e. The van der Waals surface area contributed by atoms with Gasteiger partial charge in [-0.3, -0.25) is 0 Å². The maximum Gasteiger partial charge on any atom is 0.00696 e. The average molecular weight is 367 g/mol. The Morgan fingerprint density at radius 1 is 0.667 bits per heavy atom. The van der Waals surface area contributed by atoms with E-state index in [4.69, 9.17) is 0 Å². The van der Waals surface area contributed by atoms with Crippen LogP contribution in [0.4, 0.5) is 0 Å². The second-order valence-electron chi connectivity index (χ2n) is 5.84. The Hall–Kier alpha value is 0.690. The molecule has 0 aromatic heterocycles. The zero-order chi connectivity index (χ0) is 12.3. The molecule has 2 saturated carbocycles. The standard InChI is InChI=1S/C12H23N.C4H10.HI/c1-3-7-11(8-4-1)13-12-9-5-2-6-10-12;1-3-4-2;/h11-13H,1-10H2;3-4H2,1-2H3;1H. The second-order valence-corrected chi connectivity index (χ2v) is 5.84. The summed E-state index contributed by atoms with van der Waals surface area (Å²) in [5, 5.41) is 3.86. The molecule has 1 N–H and O–H groups in total. The lowest BCUT2D eigenvalue weighted by Gasteiger charge is -2.30. The second kappa shape index (κ2) is 12.7. The predicted molar refractivity (Wildman–Crippen MR) is 92.9 cm³/mol. The summed E-state index contributed by atoms with van der Waals surface area (Å²) >= 11 is 0. The predicted octanol–water partition coefficient (Wildman–Crippen LogP) is 5.67. The Balaban J connectivity index is 0.000000512. The molecule has 0 atom stereocenters. The van der Waals surface area contributed by atoms with Gasteiger partial charge in [0, 0.05) is 12.1 Å². The molecule has 110 valence electrons. The summed E-state index contributed by atoms with van der Waals surface area (Å²) in [6.07, 6.45) is 17.2. The summed E-state index contributed by atoms with van der Waals surface area (Å²) in [6, 6.07) is 1.74. The topological polar surface area (TPSA) is 12.0 Å². The van der Waals surface area contributed by atoms with Crippen molar-refractivity contribution >= 4 is 24.0 Å².